The maximum Gasteiger partial charge on any atom is 0.250 e. The normalized spacial score (nSPS) is 22.2. The molecule has 3 aliphatic heterocycles. The second-order valence-corrected chi connectivity index (χ2v) is 11.3. The van der Waals surface area contributed by atoms with E-state index in [1.54, 1.807) is 11.1 Å². The lowest BCUT2D eigenvalue weighted by Crippen LogP contribution is -2.58. The Morgan fingerprint density at radius 2 is 2.08 bits per heavy atom. The summed E-state index contributed by atoms with van der Waals surface area (Å²) in [5.41, 5.74) is 3.67. The highest BCUT2D eigenvalue weighted by Crippen LogP contribution is 2.47. The van der Waals surface area contributed by atoms with E-state index in [1.165, 1.54) is 11.6 Å². The zero-order chi connectivity index (χ0) is 28.0. The molecule has 4 heterocycles. The fourth-order valence-corrected chi connectivity index (χ4v) is 6.39. The van der Waals surface area contributed by atoms with E-state index >= 15 is 0 Å². The maximum atomic E-state index is 14.0. The number of fused-ring (bicyclic) bond motifs is 3. The molecular weight excluding hydrogens is 504 g/mol. The van der Waals surface area contributed by atoms with Crippen LogP contribution in [0.5, 0.6) is 0 Å². The highest BCUT2D eigenvalue weighted by Gasteiger charge is 2.48. The van der Waals surface area contributed by atoms with E-state index in [0.717, 1.165) is 43.6 Å². The number of allylic oxidation sites excluding steroid dienone is 1. The molecule has 2 aromatic rings. The van der Waals surface area contributed by atoms with E-state index in [0.29, 0.717) is 48.7 Å². The molecule has 1 saturated heterocycles. The molecule has 1 spiro atoms. The van der Waals surface area contributed by atoms with Gasteiger partial charge in [-0.25, -0.2) is 4.98 Å². The number of nitrogens with one attached hydrogen (secondary N) is 1. The maximum absolute atomic E-state index is 14.0. The predicted molar refractivity (Wildman–Crippen MR) is 153 cm³/mol. The molecule has 1 N–H and O–H groups in total. The summed E-state index contributed by atoms with van der Waals surface area (Å²) in [6.45, 7) is 6.09. The molecule has 1 unspecified atom stereocenters. The summed E-state index contributed by atoms with van der Waals surface area (Å²) in [7, 11) is 4.15. The molecule has 40 heavy (non-hydrogen) atoms. The van der Waals surface area contributed by atoms with E-state index in [1.807, 2.05) is 17.0 Å². The van der Waals surface area contributed by atoms with Gasteiger partial charge in [0.15, 0.2) is 5.82 Å². The average Bonchev–Trinajstić information content (AvgIpc) is 2.92. The first kappa shape index (κ1) is 26.0. The van der Waals surface area contributed by atoms with Crippen molar-refractivity contribution in [3.8, 4) is 6.07 Å². The van der Waals surface area contributed by atoms with Crippen molar-refractivity contribution in [1.29, 1.82) is 5.26 Å². The zero-order valence-electron chi connectivity index (χ0n) is 23.1. The molecule has 1 aromatic carbocycles. The molecule has 0 bridgehead atoms. The number of nitrogens with zero attached hydrogens (tertiary/aromatic N) is 7. The van der Waals surface area contributed by atoms with Crippen LogP contribution >= 0.6 is 0 Å². The molecule has 1 atom stereocenters. The minimum absolute atomic E-state index is 0.0249. The van der Waals surface area contributed by atoms with E-state index in [-0.39, 0.29) is 18.2 Å². The zero-order valence-corrected chi connectivity index (χ0v) is 23.1. The van der Waals surface area contributed by atoms with Gasteiger partial charge in [0.2, 0.25) is 17.8 Å². The Hall–Kier alpha value is -4.23. The van der Waals surface area contributed by atoms with Crippen LogP contribution in [0.15, 0.2) is 48.8 Å². The first-order chi connectivity index (χ1) is 19.3. The molecular formula is C30H34N8O2. The van der Waals surface area contributed by atoms with Crippen molar-refractivity contribution in [3.63, 3.8) is 0 Å². The highest BCUT2D eigenvalue weighted by molar-refractivity contribution is 6.04. The summed E-state index contributed by atoms with van der Waals surface area (Å²) in [5, 5.41) is 12.7. The van der Waals surface area contributed by atoms with E-state index in [9.17, 15) is 14.9 Å². The number of anilines is 3. The van der Waals surface area contributed by atoms with Gasteiger partial charge < -0.3 is 24.9 Å². The molecule has 10 heteroatoms. The van der Waals surface area contributed by atoms with Gasteiger partial charge in [-0.3, -0.25) is 9.59 Å². The van der Waals surface area contributed by atoms with Crippen molar-refractivity contribution < 1.29 is 9.59 Å². The van der Waals surface area contributed by atoms with Gasteiger partial charge in [-0.15, -0.1) is 0 Å². The number of rotatable bonds is 5. The van der Waals surface area contributed by atoms with Gasteiger partial charge in [-0.2, -0.15) is 10.2 Å². The van der Waals surface area contributed by atoms with Crippen molar-refractivity contribution in [2.45, 2.75) is 43.6 Å². The average molecular weight is 539 g/mol. The fraction of sp³-hybridized carbons (Fsp3) is 0.433. The Kier molecular flexibility index (Phi) is 6.55. The van der Waals surface area contributed by atoms with Gasteiger partial charge in [0.25, 0.3) is 0 Å². The summed E-state index contributed by atoms with van der Waals surface area (Å²) in [6, 6.07) is 10.9. The number of carbonyl (C=O) groups is 2. The second kappa shape index (κ2) is 10.1. The van der Waals surface area contributed by atoms with E-state index in [2.05, 4.69) is 54.0 Å². The van der Waals surface area contributed by atoms with Crippen LogP contribution < -0.4 is 15.1 Å². The standard InChI is InChI=1S/C30H34N8O2/c1-4-25(39)38-15-14-36(17-21(38)11-13-31)27-26-24(32-29(34-27)37-18-22(19-37)35(2)3)16-30(28(40)33-26)12-7-9-20-8-5-6-10-23(20)30/h4-6,8,10,17,22H,1,7,9,11-12,14-16,18-19H2,2-3H3,(H,33,40). The predicted octanol–water partition coefficient (Wildman–Crippen LogP) is 2.59. The summed E-state index contributed by atoms with van der Waals surface area (Å²) >= 11 is 0. The Labute approximate surface area is 234 Å². The quantitative estimate of drug-likeness (QED) is 0.579. The Balaban J connectivity index is 1.44. The van der Waals surface area contributed by atoms with Crippen LogP contribution in [0, 0.1) is 11.3 Å². The highest BCUT2D eigenvalue weighted by atomic mass is 16.2. The summed E-state index contributed by atoms with van der Waals surface area (Å²) < 4.78 is 0. The first-order valence-electron chi connectivity index (χ1n) is 13.8. The van der Waals surface area contributed by atoms with Crippen LogP contribution in [0.1, 0.15) is 36.1 Å². The van der Waals surface area contributed by atoms with Gasteiger partial charge in [0, 0.05) is 44.8 Å². The van der Waals surface area contributed by atoms with Crippen LogP contribution in [-0.2, 0) is 27.8 Å². The van der Waals surface area contributed by atoms with Crippen molar-refractivity contribution in [2.75, 3.05) is 55.4 Å². The fourth-order valence-electron chi connectivity index (χ4n) is 6.39. The molecule has 2 amide bonds. The molecule has 0 saturated carbocycles. The van der Waals surface area contributed by atoms with Crippen molar-refractivity contribution in [2.24, 2.45) is 0 Å². The van der Waals surface area contributed by atoms with Crippen molar-refractivity contribution >= 4 is 29.3 Å². The SMILES string of the molecule is C=CC(=O)N1CCN(c2nc(N3CC(N(C)C)C3)nc3c2NC(=O)C2(CCCc4ccccc42)C3)C=C1CC#N. The van der Waals surface area contributed by atoms with Gasteiger partial charge in [0.1, 0.15) is 5.69 Å². The number of nitriles is 1. The molecule has 1 fully saturated rings. The van der Waals surface area contributed by atoms with Gasteiger partial charge in [0.05, 0.1) is 29.3 Å². The third kappa shape index (κ3) is 4.21. The number of aromatic nitrogens is 2. The molecule has 1 aromatic heterocycles. The summed E-state index contributed by atoms with van der Waals surface area (Å²) in [6.07, 6.45) is 6.31. The van der Waals surface area contributed by atoms with E-state index < -0.39 is 5.41 Å². The molecule has 10 nitrogen and oxygen atoms in total. The first-order valence-corrected chi connectivity index (χ1v) is 13.8. The monoisotopic (exact) mass is 538 g/mol. The van der Waals surface area contributed by atoms with Crippen LogP contribution in [0.3, 0.4) is 0 Å². The summed E-state index contributed by atoms with van der Waals surface area (Å²) in [4.78, 5) is 44.4. The lowest BCUT2D eigenvalue weighted by Gasteiger charge is -2.45. The number of hydrogen-bond acceptors (Lipinski definition) is 8. The number of benzene rings is 1. The van der Waals surface area contributed by atoms with Crippen LogP contribution in [0.25, 0.3) is 0 Å². The Morgan fingerprint density at radius 1 is 1.27 bits per heavy atom. The van der Waals surface area contributed by atoms with Gasteiger partial charge in [-0.05, 0) is 50.6 Å². The Bertz CT molecular complexity index is 1450. The molecule has 0 radical (unpaired) electrons. The summed E-state index contributed by atoms with van der Waals surface area (Å²) in [5.74, 6) is 0.972. The largest absolute Gasteiger partial charge is 0.337 e. The third-order valence-corrected chi connectivity index (χ3v) is 8.74. The topological polar surface area (TPSA) is 109 Å². The number of hydrogen-bond donors (Lipinski definition) is 1. The molecule has 4 aliphatic rings. The number of likely N-dealkylation sites (N-methyl/N-ethyl adjacent to an activating group) is 1. The molecule has 6 rings (SSSR count). The number of aryl methyl sites for hydroxylation is 1. The van der Waals surface area contributed by atoms with E-state index in [4.69, 9.17) is 9.97 Å². The smallest absolute Gasteiger partial charge is 0.250 e. The Morgan fingerprint density at radius 3 is 2.83 bits per heavy atom. The third-order valence-electron chi connectivity index (χ3n) is 8.74. The number of carbonyl (C=O) groups excluding carboxylic acids is 2. The minimum atomic E-state index is -0.664. The molecule has 206 valence electrons. The number of amides is 2. The van der Waals surface area contributed by atoms with Crippen LogP contribution in [0.2, 0.25) is 0 Å². The minimum Gasteiger partial charge on any atom is -0.337 e. The van der Waals surface area contributed by atoms with Gasteiger partial charge >= 0.3 is 0 Å². The van der Waals surface area contributed by atoms with Gasteiger partial charge in [-0.1, -0.05) is 30.8 Å². The molecule has 1 aliphatic carbocycles. The van der Waals surface area contributed by atoms with Crippen LogP contribution in [0.4, 0.5) is 17.5 Å². The lowest BCUT2D eigenvalue weighted by atomic mass is 9.65. The second-order valence-electron chi connectivity index (χ2n) is 11.3. The van der Waals surface area contributed by atoms with Crippen molar-refractivity contribution in [1.82, 2.24) is 19.8 Å². The lowest BCUT2D eigenvalue weighted by molar-refractivity contribution is -0.124. The van der Waals surface area contributed by atoms with Crippen LogP contribution in [-0.4, -0.2) is 77.9 Å². The van der Waals surface area contributed by atoms with Crippen molar-refractivity contribution in [3.05, 3.63) is 65.6 Å².